The highest BCUT2D eigenvalue weighted by atomic mass is 35.5. The summed E-state index contributed by atoms with van der Waals surface area (Å²) >= 11 is 5.90. The van der Waals surface area contributed by atoms with Crippen molar-refractivity contribution in [1.29, 1.82) is 0 Å². The predicted molar refractivity (Wildman–Crippen MR) is 96.4 cm³/mol. The third-order valence-corrected chi connectivity index (χ3v) is 4.20. The van der Waals surface area contributed by atoms with Crippen molar-refractivity contribution in [3.8, 4) is 0 Å². The maximum absolute atomic E-state index is 12.7. The number of hydrogen-bond donors (Lipinski definition) is 0. The minimum atomic E-state index is -0.600. The summed E-state index contributed by atoms with van der Waals surface area (Å²) in [6, 6.07) is 3.91. The lowest BCUT2D eigenvalue weighted by Crippen LogP contribution is -2.38. The van der Waals surface area contributed by atoms with Crippen LogP contribution in [0.1, 0.15) is 30.6 Å². The molecule has 8 nitrogen and oxygen atoms in total. The molecule has 0 saturated carbocycles. The van der Waals surface area contributed by atoms with Crippen LogP contribution in [0.25, 0.3) is 0 Å². The van der Waals surface area contributed by atoms with E-state index >= 15 is 0 Å². The zero-order valence-corrected chi connectivity index (χ0v) is 15.6. The minimum absolute atomic E-state index is 0.0432. The minimum Gasteiger partial charge on any atom is -0.449 e. The molecule has 0 radical (unpaired) electrons. The lowest BCUT2D eigenvalue weighted by atomic mass is 10.1. The molecule has 9 heteroatoms. The van der Waals surface area contributed by atoms with E-state index in [0.717, 1.165) is 0 Å². The Labute approximate surface area is 156 Å². The fraction of sp³-hybridized carbons (Fsp3) is 0.529. The number of halogens is 1. The van der Waals surface area contributed by atoms with Gasteiger partial charge in [-0.1, -0.05) is 25.4 Å². The van der Waals surface area contributed by atoms with Gasteiger partial charge < -0.3 is 14.5 Å². The van der Waals surface area contributed by atoms with E-state index in [1.165, 1.54) is 23.1 Å². The van der Waals surface area contributed by atoms with Crippen molar-refractivity contribution in [1.82, 2.24) is 9.80 Å². The monoisotopic (exact) mass is 383 g/mol. The van der Waals surface area contributed by atoms with E-state index in [0.29, 0.717) is 32.7 Å². The van der Waals surface area contributed by atoms with Gasteiger partial charge in [0, 0.05) is 37.3 Å². The fourth-order valence-electron chi connectivity index (χ4n) is 2.64. The van der Waals surface area contributed by atoms with Crippen LogP contribution < -0.4 is 0 Å². The number of nitro groups is 1. The standard InChI is InChI=1S/C17H22ClN3O5/c1-12(2)11-26-17(23)20-7-3-6-19(8-9-20)16(22)14-10-13(18)4-5-15(14)21(24)25/h4-5,10,12H,3,6-9,11H2,1-2H3. The Bertz CT molecular complexity index is 695. The zero-order valence-electron chi connectivity index (χ0n) is 14.8. The van der Waals surface area contributed by atoms with Gasteiger partial charge in [-0.05, 0) is 24.5 Å². The summed E-state index contributed by atoms with van der Waals surface area (Å²) in [4.78, 5) is 38.5. The summed E-state index contributed by atoms with van der Waals surface area (Å²) < 4.78 is 5.22. The van der Waals surface area contributed by atoms with Gasteiger partial charge in [0.25, 0.3) is 11.6 Å². The molecule has 0 atom stereocenters. The van der Waals surface area contributed by atoms with Crippen molar-refractivity contribution in [3.05, 3.63) is 38.9 Å². The molecule has 2 amide bonds. The molecule has 0 bridgehead atoms. The first-order valence-electron chi connectivity index (χ1n) is 8.44. The average molecular weight is 384 g/mol. The Morgan fingerprint density at radius 3 is 2.54 bits per heavy atom. The molecule has 1 fully saturated rings. The Balaban J connectivity index is 2.07. The summed E-state index contributed by atoms with van der Waals surface area (Å²) in [5.41, 5.74) is -0.324. The van der Waals surface area contributed by atoms with E-state index in [2.05, 4.69) is 0 Å². The molecule has 0 N–H and O–H groups in total. The van der Waals surface area contributed by atoms with Crippen molar-refractivity contribution in [2.75, 3.05) is 32.8 Å². The number of ether oxygens (including phenoxy) is 1. The molecular weight excluding hydrogens is 362 g/mol. The van der Waals surface area contributed by atoms with E-state index in [-0.39, 0.29) is 28.7 Å². The molecule has 0 spiro atoms. The molecular formula is C17H22ClN3O5. The van der Waals surface area contributed by atoms with E-state index in [9.17, 15) is 19.7 Å². The smallest absolute Gasteiger partial charge is 0.409 e. The van der Waals surface area contributed by atoms with Crippen LogP contribution in [0.5, 0.6) is 0 Å². The summed E-state index contributed by atoms with van der Waals surface area (Å²) in [6.07, 6.45) is 0.165. The van der Waals surface area contributed by atoms with Crippen LogP contribution in [0.15, 0.2) is 18.2 Å². The predicted octanol–water partition coefficient (Wildman–Crippen LogP) is 3.19. The number of benzene rings is 1. The van der Waals surface area contributed by atoms with Gasteiger partial charge in [-0.3, -0.25) is 14.9 Å². The fourth-order valence-corrected chi connectivity index (χ4v) is 2.81. The second kappa shape index (κ2) is 8.84. The van der Waals surface area contributed by atoms with Crippen LogP contribution in [0, 0.1) is 16.0 Å². The van der Waals surface area contributed by atoms with Gasteiger partial charge in [0.15, 0.2) is 0 Å². The van der Waals surface area contributed by atoms with Gasteiger partial charge >= 0.3 is 6.09 Å². The molecule has 1 heterocycles. The number of carbonyl (C=O) groups excluding carboxylic acids is 2. The number of hydrogen-bond acceptors (Lipinski definition) is 5. The Hall–Kier alpha value is -2.35. The topological polar surface area (TPSA) is 93.0 Å². The highest BCUT2D eigenvalue weighted by Gasteiger charge is 2.28. The number of nitrogens with zero attached hydrogens (tertiary/aromatic N) is 3. The number of nitro benzene ring substituents is 1. The first-order valence-corrected chi connectivity index (χ1v) is 8.82. The largest absolute Gasteiger partial charge is 0.449 e. The third kappa shape index (κ3) is 5.08. The number of amides is 2. The van der Waals surface area contributed by atoms with Gasteiger partial charge in [0.2, 0.25) is 0 Å². The van der Waals surface area contributed by atoms with Gasteiger partial charge in [0.1, 0.15) is 5.56 Å². The summed E-state index contributed by atoms with van der Waals surface area (Å²) in [5, 5.41) is 11.4. The molecule has 1 saturated heterocycles. The lowest BCUT2D eigenvalue weighted by molar-refractivity contribution is -0.385. The molecule has 0 aliphatic carbocycles. The van der Waals surface area contributed by atoms with Crippen LogP contribution in [-0.2, 0) is 4.74 Å². The molecule has 0 aromatic heterocycles. The Morgan fingerprint density at radius 2 is 1.88 bits per heavy atom. The van der Waals surface area contributed by atoms with Gasteiger partial charge in [0.05, 0.1) is 11.5 Å². The Morgan fingerprint density at radius 1 is 1.23 bits per heavy atom. The van der Waals surface area contributed by atoms with Crippen LogP contribution >= 0.6 is 11.6 Å². The average Bonchev–Trinajstić information content (AvgIpc) is 2.84. The van der Waals surface area contributed by atoms with Crippen molar-refractivity contribution >= 4 is 29.3 Å². The van der Waals surface area contributed by atoms with Crippen molar-refractivity contribution in [2.24, 2.45) is 5.92 Å². The molecule has 26 heavy (non-hydrogen) atoms. The number of carbonyl (C=O) groups is 2. The van der Waals surface area contributed by atoms with Crippen molar-refractivity contribution < 1.29 is 19.2 Å². The van der Waals surface area contributed by atoms with Crippen LogP contribution in [0.2, 0.25) is 5.02 Å². The second-order valence-electron chi connectivity index (χ2n) is 6.52. The molecule has 142 valence electrons. The molecule has 2 rings (SSSR count). The van der Waals surface area contributed by atoms with Gasteiger partial charge in [-0.15, -0.1) is 0 Å². The lowest BCUT2D eigenvalue weighted by Gasteiger charge is -2.22. The van der Waals surface area contributed by atoms with Crippen LogP contribution in [-0.4, -0.2) is 59.5 Å². The summed E-state index contributed by atoms with van der Waals surface area (Å²) in [7, 11) is 0. The molecule has 0 unspecified atom stereocenters. The van der Waals surface area contributed by atoms with Crippen LogP contribution in [0.4, 0.5) is 10.5 Å². The molecule has 1 aromatic carbocycles. The van der Waals surface area contributed by atoms with Gasteiger partial charge in [-0.25, -0.2) is 4.79 Å². The zero-order chi connectivity index (χ0) is 19.3. The van der Waals surface area contributed by atoms with Crippen molar-refractivity contribution in [3.63, 3.8) is 0 Å². The van der Waals surface area contributed by atoms with E-state index in [1.807, 2.05) is 13.8 Å². The quantitative estimate of drug-likeness (QED) is 0.588. The highest BCUT2D eigenvalue weighted by molar-refractivity contribution is 6.31. The second-order valence-corrected chi connectivity index (χ2v) is 6.96. The Kier molecular flexibility index (Phi) is 6.79. The van der Waals surface area contributed by atoms with Gasteiger partial charge in [-0.2, -0.15) is 0 Å². The molecule has 1 aliphatic rings. The molecule has 1 aromatic rings. The molecule has 1 aliphatic heterocycles. The van der Waals surface area contributed by atoms with E-state index in [4.69, 9.17) is 16.3 Å². The maximum atomic E-state index is 12.7. The number of rotatable bonds is 4. The van der Waals surface area contributed by atoms with Crippen LogP contribution in [0.3, 0.4) is 0 Å². The van der Waals surface area contributed by atoms with E-state index in [1.54, 1.807) is 4.90 Å². The maximum Gasteiger partial charge on any atom is 0.409 e. The summed E-state index contributed by atoms with van der Waals surface area (Å²) in [6.45, 7) is 5.71. The third-order valence-electron chi connectivity index (χ3n) is 3.97. The SMILES string of the molecule is CC(C)COC(=O)N1CCCN(C(=O)c2cc(Cl)ccc2[N+](=O)[O-])CC1. The summed E-state index contributed by atoms with van der Waals surface area (Å²) in [5.74, 6) is -0.219. The van der Waals surface area contributed by atoms with Crippen molar-refractivity contribution in [2.45, 2.75) is 20.3 Å². The van der Waals surface area contributed by atoms with E-state index < -0.39 is 16.9 Å². The highest BCUT2D eigenvalue weighted by Crippen LogP contribution is 2.24. The normalized spacial score (nSPS) is 14.9. The first-order chi connectivity index (χ1) is 12.3. The first kappa shape index (κ1) is 20.0.